The van der Waals surface area contributed by atoms with E-state index in [0.29, 0.717) is 6.54 Å². The molecule has 2 aromatic carbocycles. The van der Waals surface area contributed by atoms with Gasteiger partial charge in [-0.05, 0) is 41.9 Å². The molecule has 0 radical (unpaired) electrons. The van der Waals surface area contributed by atoms with E-state index in [1.807, 2.05) is 24.3 Å². The highest BCUT2D eigenvalue weighted by atomic mass is 32.2. The molecular weight excluding hydrogens is 326 g/mol. The molecule has 0 heterocycles. The first-order valence-electron chi connectivity index (χ1n) is 7.44. The standard InChI is InChI=1S/C17H21N3O3S/c1-19-24(22,23)16-8-6-14(7-9-16)15-5-3-4-13(10-15)12-20(2)17(21)11-18/h3-10,19H,11-12,18H2,1-2H3. The summed E-state index contributed by atoms with van der Waals surface area (Å²) in [7, 11) is -0.351. The highest BCUT2D eigenvalue weighted by Gasteiger charge is 2.11. The Kier molecular flexibility index (Phi) is 5.71. The third kappa shape index (κ3) is 4.19. The average molecular weight is 347 g/mol. The van der Waals surface area contributed by atoms with Crippen LogP contribution >= 0.6 is 0 Å². The van der Waals surface area contributed by atoms with E-state index in [2.05, 4.69) is 4.72 Å². The molecule has 6 nitrogen and oxygen atoms in total. The summed E-state index contributed by atoms with van der Waals surface area (Å²) in [6.07, 6.45) is 0. The van der Waals surface area contributed by atoms with E-state index in [1.54, 1.807) is 36.2 Å². The first-order chi connectivity index (χ1) is 11.4. The number of likely N-dealkylation sites (N-methyl/N-ethyl adjacent to an activating group) is 1. The second kappa shape index (κ2) is 7.57. The molecule has 0 fully saturated rings. The van der Waals surface area contributed by atoms with Crippen LogP contribution in [0, 0.1) is 0 Å². The number of rotatable bonds is 6. The van der Waals surface area contributed by atoms with Crippen LogP contribution < -0.4 is 10.5 Å². The fraction of sp³-hybridized carbons (Fsp3) is 0.235. The van der Waals surface area contributed by atoms with Gasteiger partial charge in [0.25, 0.3) is 0 Å². The van der Waals surface area contributed by atoms with Crippen molar-refractivity contribution < 1.29 is 13.2 Å². The van der Waals surface area contributed by atoms with E-state index in [1.165, 1.54) is 7.05 Å². The Balaban J connectivity index is 2.24. The summed E-state index contributed by atoms with van der Waals surface area (Å²) in [6.45, 7) is 0.452. The smallest absolute Gasteiger partial charge is 0.240 e. The summed E-state index contributed by atoms with van der Waals surface area (Å²) in [4.78, 5) is 13.4. The molecule has 128 valence electrons. The molecule has 0 saturated heterocycles. The van der Waals surface area contributed by atoms with E-state index in [4.69, 9.17) is 5.73 Å². The van der Waals surface area contributed by atoms with Gasteiger partial charge in [0.2, 0.25) is 15.9 Å². The summed E-state index contributed by atoms with van der Waals surface area (Å²) in [5, 5.41) is 0. The zero-order valence-corrected chi connectivity index (χ0v) is 14.5. The average Bonchev–Trinajstić information content (AvgIpc) is 2.61. The second-order valence-corrected chi connectivity index (χ2v) is 7.27. The van der Waals surface area contributed by atoms with Gasteiger partial charge in [-0.3, -0.25) is 4.79 Å². The number of carbonyl (C=O) groups is 1. The first-order valence-corrected chi connectivity index (χ1v) is 8.92. The van der Waals surface area contributed by atoms with Gasteiger partial charge in [0, 0.05) is 13.6 Å². The molecule has 1 amide bonds. The molecule has 3 N–H and O–H groups in total. The maximum atomic E-state index is 11.8. The molecule has 0 aliphatic rings. The van der Waals surface area contributed by atoms with Crippen LogP contribution in [0.4, 0.5) is 0 Å². The van der Waals surface area contributed by atoms with Gasteiger partial charge in [0.05, 0.1) is 11.4 Å². The zero-order chi connectivity index (χ0) is 17.7. The van der Waals surface area contributed by atoms with Crippen LogP contribution in [0.25, 0.3) is 11.1 Å². The Morgan fingerprint density at radius 2 is 1.79 bits per heavy atom. The summed E-state index contributed by atoms with van der Waals surface area (Å²) < 4.78 is 25.8. The first kappa shape index (κ1) is 18.1. The molecule has 0 aliphatic carbocycles. The van der Waals surface area contributed by atoms with Crippen molar-refractivity contribution in [3.63, 3.8) is 0 Å². The summed E-state index contributed by atoms with van der Waals surface area (Å²) >= 11 is 0. The molecule has 24 heavy (non-hydrogen) atoms. The quantitative estimate of drug-likeness (QED) is 0.821. The molecule has 0 unspecified atom stereocenters. The molecule has 2 aromatic rings. The largest absolute Gasteiger partial charge is 0.340 e. The normalized spacial score (nSPS) is 11.3. The predicted molar refractivity (Wildman–Crippen MR) is 93.7 cm³/mol. The molecule has 0 atom stereocenters. The van der Waals surface area contributed by atoms with Gasteiger partial charge in [-0.1, -0.05) is 30.3 Å². The summed E-state index contributed by atoms with van der Waals surface area (Å²) in [6, 6.07) is 14.4. The van der Waals surface area contributed by atoms with E-state index in [9.17, 15) is 13.2 Å². The maximum Gasteiger partial charge on any atom is 0.240 e. The van der Waals surface area contributed by atoms with E-state index >= 15 is 0 Å². The maximum absolute atomic E-state index is 11.8. The van der Waals surface area contributed by atoms with Gasteiger partial charge >= 0.3 is 0 Å². The Morgan fingerprint density at radius 3 is 2.38 bits per heavy atom. The van der Waals surface area contributed by atoms with Gasteiger partial charge < -0.3 is 10.6 Å². The fourth-order valence-corrected chi connectivity index (χ4v) is 3.04. The van der Waals surface area contributed by atoms with Crippen LogP contribution in [-0.2, 0) is 21.4 Å². The molecular formula is C17H21N3O3S. The monoisotopic (exact) mass is 347 g/mol. The minimum absolute atomic E-state index is 0.0163. The minimum atomic E-state index is -3.44. The highest BCUT2D eigenvalue weighted by molar-refractivity contribution is 7.89. The number of benzene rings is 2. The second-order valence-electron chi connectivity index (χ2n) is 5.39. The molecule has 0 aromatic heterocycles. The van der Waals surface area contributed by atoms with Crippen molar-refractivity contribution in [1.82, 2.24) is 9.62 Å². The van der Waals surface area contributed by atoms with Crippen molar-refractivity contribution in [2.45, 2.75) is 11.4 Å². The number of amides is 1. The van der Waals surface area contributed by atoms with Crippen molar-refractivity contribution >= 4 is 15.9 Å². The van der Waals surface area contributed by atoms with Crippen LogP contribution in [0.2, 0.25) is 0 Å². The molecule has 0 saturated carbocycles. The third-order valence-corrected chi connectivity index (χ3v) is 5.14. The fourth-order valence-electron chi connectivity index (χ4n) is 2.31. The predicted octanol–water partition coefficient (Wildman–Crippen LogP) is 1.18. The Morgan fingerprint density at radius 1 is 1.12 bits per heavy atom. The molecule has 2 rings (SSSR count). The zero-order valence-electron chi connectivity index (χ0n) is 13.7. The van der Waals surface area contributed by atoms with Gasteiger partial charge in [0.1, 0.15) is 0 Å². The summed E-state index contributed by atoms with van der Waals surface area (Å²) in [5.41, 5.74) is 8.19. The van der Waals surface area contributed by atoms with Crippen LogP contribution in [-0.4, -0.2) is 39.9 Å². The van der Waals surface area contributed by atoms with Crippen LogP contribution in [0.1, 0.15) is 5.56 Å². The van der Waals surface area contributed by atoms with Gasteiger partial charge in [-0.15, -0.1) is 0 Å². The number of sulfonamides is 1. The number of nitrogens with two attached hydrogens (primary N) is 1. The van der Waals surface area contributed by atoms with Crippen LogP contribution in [0.15, 0.2) is 53.4 Å². The van der Waals surface area contributed by atoms with Crippen molar-refractivity contribution in [1.29, 1.82) is 0 Å². The molecule has 0 spiro atoms. The number of nitrogens with zero attached hydrogens (tertiary/aromatic N) is 1. The number of carbonyl (C=O) groups excluding carboxylic acids is 1. The SMILES string of the molecule is CNS(=O)(=O)c1ccc(-c2cccc(CN(C)C(=O)CN)c2)cc1. The molecule has 0 bridgehead atoms. The number of nitrogens with one attached hydrogen (secondary N) is 1. The van der Waals surface area contributed by atoms with Crippen molar-refractivity contribution in [3.8, 4) is 11.1 Å². The van der Waals surface area contributed by atoms with Gasteiger partial charge in [0.15, 0.2) is 0 Å². The molecule has 7 heteroatoms. The van der Waals surface area contributed by atoms with Crippen molar-refractivity contribution in [2.24, 2.45) is 5.73 Å². The van der Waals surface area contributed by atoms with E-state index < -0.39 is 10.0 Å². The Hall–Kier alpha value is -2.22. The molecule has 0 aliphatic heterocycles. The van der Waals surface area contributed by atoms with Crippen LogP contribution in [0.3, 0.4) is 0 Å². The van der Waals surface area contributed by atoms with E-state index in [-0.39, 0.29) is 17.3 Å². The van der Waals surface area contributed by atoms with Crippen LogP contribution in [0.5, 0.6) is 0 Å². The lowest BCUT2D eigenvalue weighted by Gasteiger charge is -2.16. The topological polar surface area (TPSA) is 92.5 Å². The lowest BCUT2D eigenvalue weighted by Crippen LogP contribution is -2.32. The number of hydrogen-bond acceptors (Lipinski definition) is 4. The van der Waals surface area contributed by atoms with Crippen molar-refractivity contribution in [2.75, 3.05) is 20.6 Å². The van der Waals surface area contributed by atoms with Crippen molar-refractivity contribution in [3.05, 3.63) is 54.1 Å². The lowest BCUT2D eigenvalue weighted by atomic mass is 10.0. The Bertz CT molecular complexity index is 817. The summed E-state index contributed by atoms with van der Waals surface area (Å²) in [5.74, 6) is -0.123. The Labute approximate surface area is 142 Å². The van der Waals surface area contributed by atoms with Gasteiger partial charge in [-0.2, -0.15) is 0 Å². The number of hydrogen-bond donors (Lipinski definition) is 2. The van der Waals surface area contributed by atoms with E-state index in [0.717, 1.165) is 16.7 Å². The highest BCUT2D eigenvalue weighted by Crippen LogP contribution is 2.22. The third-order valence-electron chi connectivity index (χ3n) is 3.71. The van der Waals surface area contributed by atoms with Gasteiger partial charge in [-0.25, -0.2) is 13.1 Å². The lowest BCUT2D eigenvalue weighted by molar-refractivity contribution is -0.128. The minimum Gasteiger partial charge on any atom is -0.340 e.